The second-order valence-electron chi connectivity index (χ2n) is 7.16. The van der Waals surface area contributed by atoms with Gasteiger partial charge in [0.25, 0.3) is 0 Å². The number of alkyl halides is 3. The first kappa shape index (κ1) is 19.7. The number of aromatic nitrogens is 6. The van der Waals surface area contributed by atoms with Gasteiger partial charge in [-0.1, -0.05) is 30.3 Å². The van der Waals surface area contributed by atoms with Crippen molar-refractivity contribution < 1.29 is 13.2 Å². The minimum absolute atomic E-state index is 0.0682. The fraction of sp³-hybridized carbons (Fsp3) is 0.0909. The molecule has 0 aliphatic heterocycles. The number of nitrogens with one attached hydrogen (secondary N) is 3. The van der Waals surface area contributed by atoms with Gasteiger partial charge in [0, 0.05) is 29.0 Å². The maximum atomic E-state index is 13.8. The number of halogens is 3. The zero-order chi connectivity index (χ0) is 22.3. The van der Waals surface area contributed by atoms with Crippen molar-refractivity contribution in [3.63, 3.8) is 0 Å². The highest BCUT2D eigenvalue weighted by molar-refractivity contribution is 5.91. The molecular formula is C22H16F3N7. The Labute approximate surface area is 179 Å². The molecule has 0 fully saturated rings. The molecule has 2 aromatic carbocycles. The lowest BCUT2D eigenvalue weighted by atomic mass is 10.0. The Morgan fingerprint density at radius 2 is 1.69 bits per heavy atom. The zero-order valence-electron chi connectivity index (χ0n) is 16.7. The molecule has 0 saturated carbocycles. The van der Waals surface area contributed by atoms with Crippen molar-refractivity contribution in [3.05, 3.63) is 72.2 Å². The summed E-state index contributed by atoms with van der Waals surface area (Å²) in [6, 6.07) is 12.8. The first-order chi connectivity index (χ1) is 15.4. The van der Waals surface area contributed by atoms with E-state index in [1.54, 1.807) is 13.1 Å². The van der Waals surface area contributed by atoms with Gasteiger partial charge in [-0.25, -0.2) is 15.0 Å². The van der Waals surface area contributed by atoms with Gasteiger partial charge in [0.05, 0.1) is 22.3 Å². The van der Waals surface area contributed by atoms with Crippen LogP contribution >= 0.6 is 0 Å². The van der Waals surface area contributed by atoms with E-state index >= 15 is 0 Å². The molecule has 0 unspecified atom stereocenters. The second-order valence-corrected chi connectivity index (χ2v) is 7.16. The van der Waals surface area contributed by atoms with Crippen LogP contribution in [-0.2, 0) is 6.18 Å². The summed E-state index contributed by atoms with van der Waals surface area (Å²) in [6.07, 6.45) is -1.51. The van der Waals surface area contributed by atoms with Crippen LogP contribution in [0.4, 0.5) is 24.9 Å². The Hall–Kier alpha value is -4.21. The molecule has 5 aromatic rings. The number of fused-ring (bicyclic) bond motifs is 1. The Balaban J connectivity index is 1.67. The minimum Gasteiger partial charge on any atom is -0.342 e. The summed E-state index contributed by atoms with van der Waals surface area (Å²) in [4.78, 5) is 16.1. The van der Waals surface area contributed by atoms with Gasteiger partial charge in [0.1, 0.15) is 5.82 Å². The summed E-state index contributed by atoms with van der Waals surface area (Å²) >= 11 is 0. The SMILES string of the molecule is Cc1cnc(-c2cnc(Nc3n[nH]c4ccccc34)nc2-c2ccccc2C(F)(F)F)[nH]1. The summed E-state index contributed by atoms with van der Waals surface area (Å²) in [6.45, 7) is 1.80. The number of hydrogen-bond donors (Lipinski definition) is 3. The van der Waals surface area contributed by atoms with Gasteiger partial charge in [0.15, 0.2) is 5.82 Å². The first-order valence-electron chi connectivity index (χ1n) is 9.66. The molecule has 3 N–H and O–H groups in total. The van der Waals surface area contributed by atoms with Crippen LogP contribution in [0.2, 0.25) is 0 Å². The van der Waals surface area contributed by atoms with Crippen LogP contribution in [0.15, 0.2) is 60.9 Å². The van der Waals surface area contributed by atoms with E-state index in [2.05, 4.69) is 35.5 Å². The van der Waals surface area contributed by atoms with Crippen molar-refractivity contribution in [1.82, 2.24) is 30.1 Å². The summed E-state index contributed by atoms with van der Waals surface area (Å²) in [5.41, 5.74) is 1.17. The molecule has 0 spiro atoms. The Morgan fingerprint density at radius 3 is 2.47 bits per heavy atom. The number of rotatable bonds is 4. The molecule has 3 aromatic heterocycles. The van der Waals surface area contributed by atoms with Crippen LogP contribution in [0, 0.1) is 6.92 Å². The van der Waals surface area contributed by atoms with Crippen LogP contribution in [0.3, 0.4) is 0 Å². The van der Waals surface area contributed by atoms with Gasteiger partial charge in [-0.05, 0) is 25.1 Å². The number of H-pyrrole nitrogens is 2. The summed E-state index contributed by atoms with van der Waals surface area (Å²) < 4.78 is 41.3. The minimum atomic E-state index is -4.55. The van der Waals surface area contributed by atoms with Crippen LogP contribution in [-0.4, -0.2) is 30.1 Å². The highest BCUT2D eigenvalue weighted by Crippen LogP contribution is 2.39. The van der Waals surface area contributed by atoms with E-state index < -0.39 is 11.7 Å². The fourth-order valence-electron chi connectivity index (χ4n) is 3.47. The highest BCUT2D eigenvalue weighted by Gasteiger charge is 2.34. The monoisotopic (exact) mass is 435 g/mol. The van der Waals surface area contributed by atoms with Gasteiger partial charge in [0.2, 0.25) is 5.95 Å². The van der Waals surface area contributed by atoms with Crippen LogP contribution in [0.5, 0.6) is 0 Å². The van der Waals surface area contributed by atoms with E-state index in [0.717, 1.165) is 22.7 Å². The maximum Gasteiger partial charge on any atom is 0.417 e. The van der Waals surface area contributed by atoms with Crippen LogP contribution in [0.1, 0.15) is 11.3 Å². The van der Waals surface area contributed by atoms with Crippen LogP contribution in [0.25, 0.3) is 33.5 Å². The van der Waals surface area contributed by atoms with Gasteiger partial charge < -0.3 is 10.3 Å². The number of aromatic amines is 2. The molecule has 10 heteroatoms. The van der Waals surface area contributed by atoms with Crippen molar-refractivity contribution in [2.75, 3.05) is 5.32 Å². The third kappa shape index (κ3) is 3.55. The molecule has 7 nitrogen and oxygen atoms in total. The molecule has 0 aliphatic rings. The predicted octanol–water partition coefficient (Wildman–Crippen LogP) is 5.48. The molecule has 0 atom stereocenters. The predicted molar refractivity (Wildman–Crippen MR) is 114 cm³/mol. The lowest BCUT2D eigenvalue weighted by Gasteiger charge is -2.15. The Morgan fingerprint density at radius 1 is 0.906 bits per heavy atom. The molecule has 0 amide bonds. The lowest BCUT2D eigenvalue weighted by Crippen LogP contribution is -2.09. The molecule has 0 radical (unpaired) electrons. The number of para-hydroxylation sites is 1. The van der Waals surface area contributed by atoms with Gasteiger partial charge >= 0.3 is 6.18 Å². The van der Waals surface area contributed by atoms with E-state index in [9.17, 15) is 13.2 Å². The molecular weight excluding hydrogens is 419 g/mol. The van der Waals surface area contributed by atoms with Crippen molar-refractivity contribution in [2.45, 2.75) is 13.1 Å². The van der Waals surface area contributed by atoms with Gasteiger partial charge in [-0.3, -0.25) is 5.10 Å². The van der Waals surface area contributed by atoms with E-state index in [1.807, 2.05) is 24.3 Å². The third-order valence-corrected chi connectivity index (χ3v) is 4.93. The molecule has 0 saturated heterocycles. The van der Waals surface area contributed by atoms with Gasteiger partial charge in [-0.15, -0.1) is 0 Å². The molecule has 32 heavy (non-hydrogen) atoms. The number of imidazole rings is 1. The van der Waals surface area contributed by atoms with E-state index in [1.165, 1.54) is 24.4 Å². The van der Waals surface area contributed by atoms with Gasteiger partial charge in [-0.2, -0.15) is 18.3 Å². The molecule has 5 rings (SSSR count). The van der Waals surface area contributed by atoms with Crippen molar-refractivity contribution in [1.29, 1.82) is 0 Å². The zero-order valence-corrected chi connectivity index (χ0v) is 16.7. The molecule has 3 heterocycles. The average Bonchev–Trinajstić information content (AvgIpc) is 3.40. The molecule has 0 bridgehead atoms. The smallest absolute Gasteiger partial charge is 0.342 e. The van der Waals surface area contributed by atoms with Crippen molar-refractivity contribution in [2.24, 2.45) is 0 Å². The maximum absolute atomic E-state index is 13.8. The summed E-state index contributed by atoms with van der Waals surface area (Å²) in [7, 11) is 0. The topological polar surface area (TPSA) is 95.2 Å². The average molecular weight is 435 g/mol. The quantitative estimate of drug-likeness (QED) is 0.347. The first-order valence-corrected chi connectivity index (χ1v) is 9.66. The fourth-order valence-corrected chi connectivity index (χ4v) is 3.47. The van der Waals surface area contributed by atoms with Crippen molar-refractivity contribution in [3.8, 4) is 22.6 Å². The second kappa shape index (κ2) is 7.49. The lowest BCUT2D eigenvalue weighted by molar-refractivity contribution is -0.137. The number of anilines is 2. The number of nitrogens with zero attached hydrogens (tertiary/aromatic N) is 4. The number of benzene rings is 2. The third-order valence-electron chi connectivity index (χ3n) is 4.93. The van der Waals surface area contributed by atoms with Crippen LogP contribution < -0.4 is 5.32 Å². The summed E-state index contributed by atoms with van der Waals surface area (Å²) in [5.74, 6) is 0.963. The van der Waals surface area contributed by atoms with E-state index in [-0.39, 0.29) is 17.2 Å². The standard InChI is InChI=1S/C22H16F3N7/c1-12-10-26-19(28-12)15-11-27-21(30-20-14-7-3-5-9-17(14)31-32-20)29-18(15)13-6-2-4-8-16(13)22(23,24)25/h2-11H,1H3,(H,26,28)(H2,27,29,30,31,32). The largest absolute Gasteiger partial charge is 0.417 e. The summed E-state index contributed by atoms with van der Waals surface area (Å²) in [5, 5.41) is 10.9. The van der Waals surface area contributed by atoms with E-state index in [0.29, 0.717) is 17.2 Å². The molecule has 160 valence electrons. The van der Waals surface area contributed by atoms with Crippen molar-refractivity contribution >= 4 is 22.7 Å². The van der Waals surface area contributed by atoms with E-state index in [4.69, 9.17) is 0 Å². The Bertz CT molecular complexity index is 1420. The number of hydrogen-bond acceptors (Lipinski definition) is 5. The molecule has 0 aliphatic carbocycles. The normalized spacial score (nSPS) is 11.8. The highest BCUT2D eigenvalue weighted by atomic mass is 19.4. The Kier molecular flexibility index (Phi) is 4.62. The number of aryl methyl sites for hydroxylation is 1.